The van der Waals surface area contributed by atoms with Gasteiger partial charge in [-0.15, -0.1) is 0 Å². The van der Waals surface area contributed by atoms with Gasteiger partial charge in [-0.2, -0.15) is 18.3 Å². The maximum atomic E-state index is 11.6. The molecule has 3 rings (SSSR count). The van der Waals surface area contributed by atoms with Crippen LogP contribution in [0.15, 0.2) is 30.6 Å². The van der Waals surface area contributed by atoms with Gasteiger partial charge in [0.2, 0.25) is 15.9 Å². The van der Waals surface area contributed by atoms with Crippen molar-refractivity contribution in [2.75, 3.05) is 26.0 Å². The molecule has 1 unspecified atom stereocenters. The summed E-state index contributed by atoms with van der Waals surface area (Å²) in [6, 6.07) is 6.05. The van der Waals surface area contributed by atoms with E-state index < -0.39 is 22.2 Å². The number of aromatic nitrogens is 3. The van der Waals surface area contributed by atoms with Crippen molar-refractivity contribution in [2.24, 2.45) is 0 Å². The lowest BCUT2D eigenvalue weighted by Crippen LogP contribution is -2.39. The number of hydrogen-bond acceptors (Lipinski definition) is 7. The average Bonchev–Trinajstić information content (AvgIpc) is 3.22. The second kappa shape index (κ2) is 11.4. The monoisotopic (exact) mass is 493 g/mol. The Balaban J connectivity index is 0.000000479. The van der Waals surface area contributed by atoms with Crippen LogP contribution < -0.4 is 9.46 Å². The molecule has 3 heterocycles. The second-order valence-electron chi connectivity index (χ2n) is 7.15. The number of fused-ring (bicyclic) bond motifs is 1. The van der Waals surface area contributed by atoms with Gasteiger partial charge in [-0.1, -0.05) is 6.07 Å². The molecule has 0 fully saturated rings. The smallest absolute Gasteiger partial charge is 0.481 e. The highest BCUT2D eigenvalue weighted by Crippen LogP contribution is 2.26. The zero-order valence-corrected chi connectivity index (χ0v) is 18.9. The fourth-order valence-corrected chi connectivity index (χ4v) is 3.88. The van der Waals surface area contributed by atoms with Gasteiger partial charge in [-0.25, -0.2) is 22.9 Å². The van der Waals surface area contributed by atoms with E-state index in [2.05, 4.69) is 19.7 Å². The lowest BCUT2D eigenvalue weighted by molar-refractivity contribution is -0.192. The molecule has 2 aromatic heterocycles. The van der Waals surface area contributed by atoms with Crippen LogP contribution in [0.1, 0.15) is 30.6 Å². The Labute approximate surface area is 189 Å². The van der Waals surface area contributed by atoms with Crippen molar-refractivity contribution in [3.63, 3.8) is 0 Å². The molecule has 0 bridgehead atoms. The molecule has 0 radical (unpaired) electrons. The van der Waals surface area contributed by atoms with Crippen molar-refractivity contribution in [3.8, 4) is 5.88 Å². The largest absolute Gasteiger partial charge is 0.490 e. The van der Waals surface area contributed by atoms with Gasteiger partial charge < -0.3 is 9.84 Å². The fraction of sp³-hybridized carbons (Fsp3) is 0.526. The summed E-state index contributed by atoms with van der Waals surface area (Å²) >= 11 is 0. The minimum absolute atomic E-state index is 0.0949. The van der Waals surface area contributed by atoms with E-state index in [1.54, 1.807) is 26.4 Å². The lowest BCUT2D eigenvalue weighted by Gasteiger charge is -2.34. The number of rotatable bonds is 8. The Kier molecular flexibility index (Phi) is 9.19. The number of carboxylic acid groups (broad SMARTS) is 1. The summed E-state index contributed by atoms with van der Waals surface area (Å²) in [4.78, 5) is 15.5. The normalized spacial score (nSPS) is 16.5. The molecular formula is C19H26F3N5O5S. The van der Waals surface area contributed by atoms with Gasteiger partial charge in [-0.3, -0.25) is 9.58 Å². The number of carbonyl (C=O) groups is 1. The van der Waals surface area contributed by atoms with Gasteiger partial charge in [0, 0.05) is 44.1 Å². The van der Waals surface area contributed by atoms with E-state index >= 15 is 0 Å². The number of pyridine rings is 1. The van der Waals surface area contributed by atoms with Gasteiger partial charge in [-0.05, 0) is 25.5 Å². The molecule has 184 valence electrons. The maximum Gasteiger partial charge on any atom is 0.490 e. The minimum atomic E-state index is -5.08. The number of carboxylic acids is 1. The van der Waals surface area contributed by atoms with Crippen molar-refractivity contribution in [3.05, 3.63) is 41.9 Å². The van der Waals surface area contributed by atoms with Crippen LogP contribution in [0.2, 0.25) is 0 Å². The van der Waals surface area contributed by atoms with Gasteiger partial charge in [0.25, 0.3) is 0 Å². The summed E-state index contributed by atoms with van der Waals surface area (Å²) in [6.07, 6.45) is -0.877. The average molecular weight is 494 g/mol. The number of methoxy groups -OCH3 is 1. The van der Waals surface area contributed by atoms with Gasteiger partial charge in [0.05, 0.1) is 24.6 Å². The van der Waals surface area contributed by atoms with Gasteiger partial charge in [0.15, 0.2) is 0 Å². The standard InChI is InChI=1S/C17H25N5O3S.C2HF3O2/c1-3-26(23,24)20-10-7-16-13-21(12-15-6-9-19-22(15)16)11-14-5-4-8-18-17(14)25-2;3-2(4,5)1(6)7/h4-6,8-9,16,20H,3,7,10-13H2,1-2H3;(H,6,7). The van der Waals surface area contributed by atoms with E-state index in [0.29, 0.717) is 18.8 Å². The first kappa shape index (κ1) is 26.5. The molecule has 14 heteroatoms. The third kappa shape index (κ3) is 7.98. The summed E-state index contributed by atoms with van der Waals surface area (Å²) < 4.78 is 65.0. The van der Waals surface area contributed by atoms with E-state index in [9.17, 15) is 21.6 Å². The SMILES string of the molecule is CCS(=O)(=O)NCCC1CN(Cc2cccnc2OC)Cc2ccnn21.O=C(O)C(F)(F)F. The Bertz CT molecular complexity index is 1030. The molecule has 1 aliphatic heterocycles. The molecule has 1 atom stereocenters. The summed E-state index contributed by atoms with van der Waals surface area (Å²) in [5.41, 5.74) is 2.16. The van der Waals surface area contributed by atoms with Crippen molar-refractivity contribution in [1.82, 2.24) is 24.4 Å². The highest BCUT2D eigenvalue weighted by Gasteiger charge is 2.38. The van der Waals surface area contributed by atoms with Crippen molar-refractivity contribution in [1.29, 1.82) is 0 Å². The van der Waals surface area contributed by atoms with E-state index in [4.69, 9.17) is 14.6 Å². The Morgan fingerprint density at radius 2 is 2.03 bits per heavy atom. The Hall–Kier alpha value is -2.71. The van der Waals surface area contributed by atoms with E-state index in [1.807, 2.05) is 22.9 Å². The summed E-state index contributed by atoms with van der Waals surface area (Å²) in [5, 5.41) is 11.5. The predicted molar refractivity (Wildman–Crippen MR) is 112 cm³/mol. The van der Waals surface area contributed by atoms with Crippen LogP contribution in [-0.4, -0.2) is 71.3 Å². The molecule has 2 aromatic rings. The fourth-order valence-electron chi connectivity index (χ4n) is 3.25. The molecular weight excluding hydrogens is 467 g/mol. The summed E-state index contributed by atoms with van der Waals surface area (Å²) in [5.74, 6) is -2.02. The van der Waals surface area contributed by atoms with Crippen molar-refractivity contribution < 1.29 is 36.2 Å². The predicted octanol–water partition coefficient (Wildman–Crippen LogP) is 1.81. The topological polar surface area (TPSA) is 127 Å². The number of ether oxygens (including phenoxy) is 1. The third-order valence-corrected chi connectivity index (χ3v) is 6.22. The Morgan fingerprint density at radius 1 is 1.33 bits per heavy atom. The van der Waals surface area contributed by atoms with E-state index in [1.165, 1.54) is 0 Å². The number of nitrogens with one attached hydrogen (secondary N) is 1. The number of sulfonamides is 1. The van der Waals surface area contributed by atoms with E-state index in [-0.39, 0.29) is 11.8 Å². The molecule has 0 aliphatic carbocycles. The Morgan fingerprint density at radius 3 is 2.64 bits per heavy atom. The molecule has 1 aliphatic rings. The zero-order valence-electron chi connectivity index (χ0n) is 18.1. The van der Waals surface area contributed by atoms with Crippen LogP contribution >= 0.6 is 0 Å². The summed E-state index contributed by atoms with van der Waals surface area (Å²) in [6.45, 7) is 4.34. The maximum absolute atomic E-state index is 11.6. The number of hydrogen-bond donors (Lipinski definition) is 2. The molecule has 0 amide bonds. The zero-order chi connectivity index (χ0) is 24.6. The quantitative estimate of drug-likeness (QED) is 0.570. The number of alkyl halides is 3. The van der Waals surface area contributed by atoms with Gasteiger partial charge >= 0.3 is 12.1 Å². The summed E-state index contributed by atoms with van der Waals surface area (Å²) in [7, 11) is -1.55. The molecule has 33 heavy (non-hydrogen) atoms. The van der Waals surface area contributed by atoms with E-state index in [0.717, 1.165) is 30.9 Å². The van der Waals surface area contributed by atoms with Crippen molar-refractivity contribution in [2.45, 2.75) is 38.7 Å². The first-order chi connectivity index (χ1) is 15.5. The van der Waals surface area contributed by atoms with Crippen LogP contribution in [0.4, 0.5) is 13.2 Å². The number of nitrogens with zero attached hydrogens (tertiary/aromatic N) is 4. The molecule has 2 N–H and O–H groups in total. The highest BCUT2D eigenvalue weighted by molar-refractivity contribution is 7.89. The van der Waals surface area contributed by atoms with Crippen LogP contribution in [0, 0.1) is 0 Å². The van der Waals surface area contributed by atoms with Gasteiger partial charge in [0.1, 0.15) is 0 Å². The number of halogens is 3. The first-order valence-electron chi connectivity index (χ1n) is 9.97. The highest BCUT2D eigenvalue weighted by atomic mass is 32.2. The molecule has 0 saturated heterocycles. The first-order valence-corrected chi connectivity index (χ1v) is 11.6. The van der Waals surface area contributed by atoms with Crippen LogP contribution in [0.5, 0.6) is 5.88 Å². The van der Waals surface area contributed by atoms with Crippen LogP contribution in [0.3, 0.4) is 0 Å². The second-order valence-corrected chi connectivity index (χ2v) is 9.25. The third-order valence-electron chi connectivity index (χ3n) is 4.81. The molecule has 10 nitrogen and oxygen atoms in total. The van der Waals surface area contributed by atoms with Crippen LogP contribution in [-0.2, 0) is 27.9 Å². The number of aliphatic carboxylic acids is 1. The minimum Gasteiger partial charge on any atom is -0.481 e. The lowest BCUT2D eigenvalue weighted by atomic mass is 10.1. The van der Waals surface area contributed by atoms with Crippen molar-refractivity contribution >= 4 is 16.0 Å². The molecule has 0 spiro atoms. The van der Waals surface area contributed by atoms with Crippen LogP contribution in [0.25, 0.3) is 0 Å². The molecule has 0 saturated carbocycles. The molecule has 0 aromatic carbocycles.